The number of aliphatic hydroxyl groups is 1. The van der Waals surface area contributed by atoms with Crippen LogP contribution in [0.1, 0.15) is 24.1 Å². The quantitative estimate of drug-likeness (QED) is 0.877. The summed E-state index contributed by atoms with van der Waals surface area (Å²) in [6.45, 7) is 2.07. The summed E-state index contributed by atoms with van der Waals surface area (Å²) in [4.78, 5) is 0. The molecule has 2 nitrogen and oxygen atoms in total. The van der Waals surface area contributed by atoms with Crippen molar-refractivity contribution >= 4 is 11.6 Å². The van der Waals surface area contributed by atoms with Crippen molar-refractivity contribution in [2.24, 2.45) is 0 Å². The molecule has 0 saturated heterocycles. The fourth-order valence-electron chi connectivity index (χ4n) is 2.02. The maximum atomic E-state index is 9.24. The second-order valence-corrected chi connectivity index (χ2v) is 5.08. The minimum atomic E-state index is 0.0286. The summed E-state index contributed by atoms with van der Waals surface area (Å²) in [6, 6.07) is 18.1. The highest BCUT2D eigenvalue weighted by Crippen LogP contribution is 2.23. The lowest BCUT2D eigenvalue weighted by atomic mass is 9.98. The summed E-state index contributed by atoms with van der Waals surface area (Å²) in [7, 11) is 0. The lowest BCUT2D eigenvalue weighted by Gasteiger charge is -2.23. The molecule has 0 radical (unpaired) electrons. The van der Waals surface area contributed by atoms with Gasteiger partial charge in [0.1, 0.15) is 0 Å². The van der Waals surface area contributed by atoms with Crippen molar-refractivity contribution in [3.63, 3.8) is 0 Å². The van der Waals surface area contributed by atoms with E-state index in [0.29, 0.717) is 0 Å². The van der Waals surface area contributed by atoms with Gasteiger partial charge in [-0.2, -0.15) is 0 Å². The van der Waals surface area contributed by atoms with Gasteiger partial charge in [-0.1, -0.05) is 54.1 Å². The highest BCUT2D eigenvalue weighted by molar-refractivity contribution is 6.30. The highest BCUT2D eigenvalue weighted by Gasteiger charge is 2.15. The van der Waals surface area contributed by atoms with E-state index >= 15 is 0 Å². The molecule has 0 heterocycles. The van der Waals surface area contributed by atoms with Crippen LogP contribution in [0.25, 0.3) is 0 Å². The first-order chi connectivity index (χ1) is 9.20. The van der Waals surface area contributed by atoms with Gasteiger partial charge in [-0.15, -0.1) is 0 Å². The molecular formula is C16H18ClNO. The van der Waals surface area contributed by atoms with Crippen molar-refractivity contribution in [1.29, 1.82) is 0 Å². The Morgan fingerprint density at radius 2 is 1.58 bits per heavy atom. The molecule has 0 aliphatic rings. The van der Waals surface area contributed by atoms with Gasteiger partial charge in [0.2, 0.25) is 0 Å². The smallest absolute Gasteiger partial charge is 0.0582 e. The van der Waals surface area contributed by atoms with E-state index in [9.17, 15) is 5.11 Å². The maximum Gasteiger partial charge on any atom is 0.0582 e. The van der Waals surface area contributed by atoms with Crippen LogP contribution in [0.3, 0.4) is 0 Å². The zero-order valence-corrected chi connectivity index (χ0v) is 11.6. The molecule has 0 aliphatic carbocycles. The van der Waals surface area contributed by atoms with Crippen molar-refractivity contribution in [3.8, 4) is 0 Å². The van der Waals surface area contributed by atoms with Crippen LogP contribution in [0.15, 0.2) is 54.6 Å². The maximum absolute atomic E-state index is 9.24. The Bertz CT molecular complexity index is 498. The van der Waals surface area contributed by atoms with Crippen molar-refractivity contribution < 1.29 is 5.11 Å². The van der Waals surface area contributed by atoms with E-state index in [1.165, 1.54) is 5.56 Å². The minimum absolute atomic E-state index is 0.0286. The summed E-state index contributed by atoms with van der Waals surface area (Å²) >= 11 is 5.93. The Hall–Kier alpha value is -1.35. The Kier molecular flexibility index (Phi) is 4.97. The van der Waals surface area contributed by atoms with Crippen LogP contribution in [0.5, 0.6) is 0 Å². The molecule has 0 fully saturated rings. The second-order valence-electron chi connectivity index (χ2n) is 4.65. The molecule has 2 atom stereocenters. The van der Waals surface area contributed by atoms with Gasteiger partial charge >= 0.3 is 0 Å². The molecule has 0 aliphatic heterocycles. The molecule has 0 bridgehead atoms. The molecule has 0 amide bonds. The number of benzene rings is 2. The van der Waals surface area contributed by atoms with Crippen molar-refractivity contribution in [2.75, 3.05) is 6.61 Å². The molecular weight excluding hydrogens is 258 g/mol. The molecule has 2 N–H and O–H groups in total. The molecule has 100 valence electrons. The Morgan fingerprint density at radius 1 is 1.00 bits per heavy atom. The van der Waals surface area contributed by atoms with Crippen molar-refractivity contribution in [1.82, 2.24) is 5.32 Å². The second kappa shape index (κ2) is 6.71. The third-order valence-corrected chi connectivity index (χ3v) is 3.31. The first kappa shape index (κ1) is 14.1. The average Bonchev–Trinajstić information content (AvgIpc) is 2.46. The zero-order chi connectivity index (χ0) is 13.7. The third kappa shape index (κ3) is 3.80. The van der Waals surface area contributed by atoms with Gasteiger partial charge in [0, 0.05) is 11.1 Å². The fourth-order valence-corrected chi connectivity index (χ4v) is 2.15. The van der Waals surface area contributed by atoms with Crippen LogP contribution < -0.4 is 5.32 Å². The van der Waals surface area contributed by atoms with E-state index in [0.717, 1.165) is 10.6 Å². The van der Waals surface area contributed by atoms with Crippen LogP contribution in [-0.2, 0) is 0 Å². The van der Waals surface area contributed by atoms with E-state index < -0.39 is 0 Å². The lowest BCUT2D eigenvalue weighted by Crippen LogP contribution is -2.33. The largest absolute Gasteiger partial charge is 0.395 e. The van der Waals surface area contributed by atoms with E-state index in [-0.39, 0.29) is 18.7 Å². The topological polar surface area (TPSA) is 32.3 Å². The van der Waals surface area contributed by atoms with Crippen molar-refractivity contribution in [2.45, 2.75) is 19.0 Å². The fraction of sp³-hybridized carbons (Fsp3) is 0.250. The van der Waals surface area contributed by atoms with Crippen LogP contribution in [-0.4, -0.2) is 17.8 Å². The third-order valence-electron chi connectivity index (χ3n) is 3.06. The van der Waals surface area contributed by atoms with Crippen LogP contribution in [0.2, 0.25) is 5.02 Å². The summed E-state index contributed by atoms with van der Waals surface area (Å²) in [5.41, 5.74) is 2.31. The van der Waals surface area contributed by atoms with Gasteiger partial charge in [0.15, 0.2) is 0 Å². The highest BCUT2D eigenvalue weighted by atomic mass is 35.5. The van der Waals surface area contributed by atoms with E-state index in [2.05, 4.69) is 17.4 Å². The lowest BCUT2D eigenvalue weighted by molar-refractivity contribution is 0.245. The Balaban J connectivity index is 2.31. The predicted molar refractivity (Wildman–Crippen MR) is 79.4 cm³/mol. The molecule has 0 aromatic heterocycles. The van der Waals surface area contributed by atoms with E-state index in [1.807, 2.05) is 49.4 Å². The van der Waals surface area contributed by atoms with E-state index in [4.69, 9.17) is 11.6 Å². The first-order valence-electron chi connectivity index (χ1n) is 6.38. The molecule has 2 rings (SSSR count). The van der Waals surface area contributed by atoms with Gasteiger partial charge in [-0.25, -0.2) is 0 Å². The number of hydrogen-bond acceptors (Lipinski definition) is 2. The minimum Gasteiger partial charge on any atom is -0.395 e. The van der Waals surface area contributed by atoms with Gasteiger partial charge in [-0.05, 0) is 30.2 Å². The number of hydrogen-bond donors (Lipinski definition) is 2. The number of halogens is 1. The Morgan fingerprint density at radius 3 is 2.16 bits per heavy atom. The van der Waals surface area contributed by atoms with Crippen LogP contribution in [0.4, 0.5) is 0 Å². The van der Waals surface area contributed by atoms with E-state index in [1.54, 1.807) is 0 Å². The van der Waals surface area contributed by atoms with Crippen molar-refractivity contribution in [3.05, 3.63) is 70.7 Å². The van der Waals surface area contributed by atoms with Gasteiger partial charge in [-0.3, -0.25) is 0 Å². The average molecular weight is 276 g/mol. The Labute approximate surface area is 119 Å². The predicted octanol–water partition coefficient (Wildman–Crippen LogP) is 3.40. The molecule has 2 aromatic rings. The number of aliphatic hydroxyl groups excluding tert-OH is 1. The molecule has 19 heavy (non-hydrogen) atoms. The monoisotopic (exact) mass is 275 g/mol. The summed E-state index contributed by atoms with van der Waals surface area (Å²) in [5.74, 6) is 0. The molecule has 0 spiro atoms. The number of rotatable bonds is 5. The first-order valence-corrected chi connectivity index (χ1v) is 6.76. The van der Waals surface area contributed by atoms with Gasteiger partial charge in [0.05, 0.1) is 12.6 Å². The SMILES string of the molecule is C[C@H](CO)NC(c1ccccc1)c1ccc(Cl)cc1. The number of nitrogens with one attached hydrogen (secondary N) is 1. The normalized spacial score (nSPS) is 14.1. The molecule has 2 aromatic carbocycles. The molecule has 0 saturated carbocycles. The van der Waals surface area contributed by atoms with Crippen LogP contribution >= 0.6 is 11.6 Å². The summed E-state index contributed by atoms with van der Waals surface area (Å²) in [6.07, 6.45) is 0. The summed E-state index contributed by atoms with van der Waals surface area (Å²) in [5, 5.41) is 13.4. The summed E-state index contributed by atoms with van der Waals surface area (Å²) < 4.78 is 0. The standard InChI is InChI=1S/C16H18ClNO/c1-12(11-19)18-16(13-5-3-2-4-6-13)14-7-9-15(17)10-8-14/h2-10,12,16,18-19H,11H2,1H3/t12-,16?/m1/s1. The molecule has 3 heteroatoms. The van der Waals surface area contributed by atoms with Gasteiger partial charge in [0.25, 0.3) is 0 Å². The van der Waals surface area contributed by atoms with Crippen LogP contribution in [0, 0.1) is 0 Å². The zero-order valence-electron chi connectivity index (χ0n) is 10.9. The molecule has 1 unspecified atom stereocenters. The van der Waals surface area contributed by atoms with Gasteiger partial charge < -0.3 is 10.4 Å².